The molecule has 2 atom stereocenters. The summed E-state index contributed by atoms with van der Waals surface area (Å²) in [5, 5.41) is 16.8. The lowest BCUT2D eigenvalue weighted by atomic mass is 10.0. The van der Waals surface area contributed by atoms with Crippen molar-refractivity contribution in [3.05, 3.63) is 47.3 Å². The molecule has 0 saturated heterocycles. The minimum Gasteiger partial charge on any atom is -0.481 e. The number of nitrogens with one attached hydrogen (secondary N) is 1. The zero-order valence-corrected chi connectivity index (χ0v) is 13.9. The standard InChI is InChI=1S/C19H21N3O3/c23-18(20-15-10-4-8-13(15)19(24)25)17-14-9-5-11-16(14)22(21-17)12-6-2-1-3-7-12/h1-3,6-7,13,15H,4-5,8-11H2,(H,20,23)(H,24,25)/t13-,15+/m1/s1. The molecule has 0 spiro atoms. The van der Waals surface area contributed by atoms with Crippen molar-refractivity contribution in [3.8, 4) is 5.69 Å². The molecule has 1 fully saturated rings. The Labute approximate surface area is 145 Å². The van der Waals surface area contributed by atoms with Gasteiger partial charge in [0.1, 0.15) is 0 Å². The van der Waals surface area contributed by atoms with E-state index in [2.05, 4.69) is 10.4 Å². The summed E-state index contributed by atoms with van der Waals surface area (Å²) in [6, 6.07) is 9.51. The van der Waals surface area contributed by atoms with Gasteiger partial charge in [0.25, 0.3) is 5.91 Å². The number of benzene rings is 1. The highest BCUT2D eigenvalue weighted by Gasteiger charge is 2.35. The van der Waals surface area contributed by atoms with Gasteiger partial charge in [0.05, 0.1) is 11.6 Å². The molecular formula is C19H21N3O3. The lowest BCUT2D eigenvalue weighted by Crippen LogP contribution is -2.40. The number of aromatic nitrogens is 2. The number of carbonyl (C=O) groups excluding carboxylic acids is 1. The fourth-order valence-electron chi connectivity index (χ4n) is 4.07. The summed E-state index contributed by atoms with van der Waals surface area (Å²) in [6.07, 6.45) is 4.94. The zero-order chi connectivity index (χ0) is 17.4. The Morgan fingerprint density at radius 3 is 2.68 bits per heavy atom. The second-order valence-corrected chi connectivity index (χ2v) is 6.83. The van der Waals surface area contributed by atoms with Gasteiger partial charge in [-0.15, -0.1) is 0 Å². The van der Waals surface area contributed by atoms with E-state index < -0.39 is 11.9 Å². The minimum atomic E-state index is -0.831. The molecule has 6 nitrogen and oxygen atoms in total. The fourth-order valence-corrected chi connectivity index (χ4v) is 4.07. The molecule has 25 heavy (non-hydrogen) atoms. The number of carbonyl (C=O) groups is 2. The number of nitrogens with zero attached hydrogens (tertiary/aromatic N) is 2. The van der Waals surface area contributed by atoms with Crippen molar-refractivity contribution in [1.82, 2.24) is 15.1 Å². The van der Waals surface area contributed by atoms with Gasteiger partial charge >= 0.3 is 5.97 Å². The molecule has 4 rings (SSSR count). The highest BCUT2D eigenvalue weighted by molar-refractivity contribution is 5.95. The molecule has 0 unspecified atom stereocenters. The molecule has 2 aliphatic rings. The van der Waals surface area contributed by atoms with Gasteiger partial charge in [-0.05, 0) is 44.2 Å². The molecule has 1 aromatic carbocycles. The summed E-state index contributed by atoms with van der Waals surface area (Å²) >= 11 is 0. The number of amides is 1. The molecule has 2 N–H and O–H groups in total. The number of carboxylic acid groups (broad SMARTS) is 1. The first-order valence-electron chi connectivity index (χ1n) is 8.85. The molecule has 6 heteroatoms. The van der Waals surface area contributed by atoms with Crippen LogP contribution >= 0.6 is 0 Å². The van der Waals surface area contributed by atoms with E-state index in [1.165, 1.54) is 0 Å². The third kappa shape index (κ3) is 2.81. The maximum atomic E-state index is 12.8. The molecular weight excluding hydrogens is 318 g/mol. The van der Waals surface area contributed by atoms with Crippen LogP contribution in [0.3, 0.4) is 0 Å². The highest BCUT2D eigenvalue weighted by Crippen LogP contribution is 2.29. The first kappa shape index (κ1) is 15.9. The largest absolute Gasteiger partial charge is 0.481 e. The zero-order valence-electron chi connectivity index (χ0n) is 13.9. The van der Waals surface area contributed by atoms with Gasteiger partial charge < -0.3 is 10.4 Å². The Balaban J connectivity index is 1.63. The summed E-state index contributed by atoms with van der Waals surface area (Å²) in [6.45, 7) is 0. The van der Waals surface area contributed by atoms with Crippen LogP contribution in [0.5, 0.6) is 0 Å². The van der Waals surface area contributed by atoms with Crippen molar-refractivity contribution >= 4 is 11.9 Å². The van der Waals surface area contributed by atoms with Crippen LogP contribution in [0.4, 0.5) is 0 Å². The Bertz CT molecular complexity index is 813. The lowest BCUT2D eigenvalue weighted by molar-refractivity contribution is -0.142. The molecule has 1 amide bonds. The van der Waals surface area contributed by atoms with Gasteiger partial charge in [-0.2, -0.15) is 5.10 Å². The number of carboxylic acids is 1. The molecule has 1 aromatic heterocycles. The topological polar surface area (TPSA) is 84.2 Å². The van der Waals surface area contributed by atoms with Crippen molar-refractivity contribution in [2.24, 2.45) is 5.92 Å². The maximum Gasteiger partial charge on any atom is 0.308 e. The van der Waals surface area contributed by atoms with E-state index in [-0.39, 0.29) is 11.9 Å². The van der Waals surface area contributed by atoms with E-state index in [1.807, 2.05) is 35.0 Å². The van der Waals surface area contributed by atoms with Gasteiger partial charge in [0, 0.05) is 17.3 Å². The third-order valence-electron chi connectivity index (χ3n) is 5.30. The van der Waals surface area contributed by atoms with Crippen LogP contribution in [-0.2, 0) is 17.6 Å². The van der Waals surface area contributed by atoms with Crippen molar-refractivity contribution in [3.63, 3.8) is 0 Å². The van der Waals surface area contributed by atoms with Crippen LogP contribution in [0.15, 0.2) is 30.3 Å². The average molecular weight is 339 g/mol. The molecule has 2 aliphatic carbocycles. The molecule has 130 valence electrons. The van der Waals surface area contributed by atoms with Gasteiger partial charge in [-0.25, -0.2) is 4.68 Å². The Morgan fingerprint density at radius 2 is 1.92 bits per heavy atom. The van der Waals surface area contributed by atoms with Gasteiger partial charge in [0.2, 0.25) is 0 Å². The normalized spacial score (nSPS) is 21.9. The predicted octanol–water partition coefficient (Wildman–Crippen LogP) is 2.34. The Morgan fingerprint density at radius 1 is 1.12 bits per heavy atom. The molecule has 0 radical (unpaired) electrons. The SMILES string of the molecule is O=C(N[C@H]1CCC[C@H]1C(=O)O)c1nn(-c2ccccc2)c2c1CCC2. The van der Waals surface area contributed by atoms with Crippen molar-refractivity contribution in [2.75, 3.05) is 0 Å². The van der Waals surface area contributed by atoms with Crippen LogP contribution < -0.4 is 5.32 Å². The lowest BCUT2D eigenvalue weighted by Gasteiger charge is -2.17. The molecule has 0 aliphatic heterocycles. The Kier molecular flexibility index (Phi) is 4.03. The quantitative estimate of drug-likeness (QED) is 0.895. The van der Waals surface area contributed by atoms with E-state index in [0.717, 1.165) is 42.6 Å². The van der Waals surface area contributed by atoms with E-state index in [4.69, 9.17) is 0 Å². The smallest absolute Gasteiger partial charge is 0.308 e. The van der Waals surface area contributed by atoms with E-state index in [0.29, 0.717) is 18.5 Å². The number of hydrogen-bond acceptors (Lipinski definition) is 3. The summed E-state index contributed by atoms with van der Waals surface area (Å²) in [5.41, 5.74) is 3.50. The number of para-hydroxylation sites is 1. The first-order valence-corrected chi connectivity index (χ1v) is 8.85. The summed E-state index contributed by atoms with van der Waals surface area (Å²) in [4.78, 5) is 24.1. The molecule has 1 heterocycles. The molecule has 1 saturated carbocycles. The Hall–Kier alpha value is -2.63. The molecule has 2 aromatic rings. The summed E-state index contributed by atoms with van der Waals surface area (Å²) in [7, 11) is 0. The number of fused-ring (bicyclic) bond motifs is 1. The van der Waals surface area contributed by atoms with Crippen molar-refractivity contribution in [2.45, 2.75) is 44.6 Å². The van der Waals surface area contributed by atoms with Crippen LogP contribution in [0.1, 0.15) is 47.4 Å². The van der Waals surface area contributed by atoms with Crippen LogP contribution in [0, 0.1) is 5.92 Å². The predicted molar refractivity (Wildman–Crippen MR) is 91.8 cm³/mol. The van der Waals surface area contributed by atoms with Gasteiger partial charge in [-0.1, -0.05) is 24.6 Å². The van der Waals surface area contributed by atoms with Crippen LogP contribution in [0.2, 0.25) is 0 Å². The van der Waals surface area contributed by atoms with Gasteiger partial charge in [-0.3, -0.25) is 9.59 Å². The fraction of sp³-hybridized carbons (Fsp3) is 0.421. The van der Waals surface area contributed by atoms with Gasteiger partial charge in [0.15, 0.2) is 5.69 Å². The number of aliphatic carboxylic acids is 1. The minimum absolute atomic E-state index is 0.244. The molecule has 0 bridgehead atoms. The second-order valence-electron chi connectivity index (χ2n) is 6.83. The van der Waals surface area contributed by atoms with E-state index in [1.54, 1.807) is 0 Å². The van der Waals surface area contributed by atoms with E-state index >= 15 is 0 Å². The number of rotatable bonds is 4. The van der Waals surface area contributed by atoms with Crippen LogP contribution in [0.25, 0.3) is 5.69 Å². The highest BCUT2D eigenvalue weighted by atomic mass is 16.4. The van der Waals surface area contributed by atoms with E-state index in [9.17, 15) is 14.7 Å². The summed E-state index contributed by atoms with van der Waals surface area (Å²) in [5.74, 6) is -1.57. The monoisotopic (exact) mass is 339 g/mol. The van der Waals surface area contributed by atoms with Crippen molar-refractivity contribution < 1.29 is 14.7 Å². The number of hydrogen-bond donors (Lipinski definition) is 2. The average Bonchev–Trinajstić information content (AvgIpc) is 3.31. The third-order valence-corrected chi connectivity index (χ3v) is 5.30. The maximum absolute atomic E-state index is 12.8. The van der Waals surface area contributed by atoms with Crippen molar-refractivity contribution in [1.29, 1.82) is 0 Å². The van der Waals surface area contributed by atoms with Crippen LogP contribution in [-0.4, -0.2) is 32.8 Å². The summed E-state index contributed by atoms with van der Waals surface area (Å²) < 4.78 is 1.86. The second kappa shape index (κ2) is 6.35. The first-order chi connectivity index (χ1) is 12.1.